The van der Waals surface area contributed by atoms with Crippen LogP contribution in [0.5, 0.6) is 5.75 Å². The number of hydrogen-bond donors (Lipinski definition) is 2. The van der Waals surface area contributed by atoms with Gasteiger partial charge in [0.05, 0.1) is 12.6 Å². The fourth-order valence-electron chi connectivity index (χ4n) is 3.96. The number of rotatable bonds is 3. The van der Waals surface area contributed by atoms with Crippen LogP contribution in [0, 0.1) is 17.5 Å². The molecule has 1 saturated heterocycles. The maximum Gasteiger partial charge on any atom is 0.274 e. The van der Waals surface area contributed by atoms with Crippen molar-refractivity contribution in [2.75, 3.05) is 13.1 Å². The number of nitrogens with one attached hydrogen (secondary N) is 1. The third kappa shape index (κ3) is 3.69. The van der Waals surface area contributed by atoms with Crippen molar-refractivity contribution < 1.29 is 36.6 Å². The molecule has 2 aromatic rings. The van der Waals surface area contributed by atoms with Gasteiger partial charge in [-0.05, 0) is 6.42 Å². The van der Waals surface area contributed by atoms with E-state index in [2.05, 4.69) is 5.32 Å². The Bertz CT molecular complexity index is 1170. The Balaban J connectivity index is 1.67. The first-order chi connectivity index (χ1) is 15.0. The van der Waals surface area contributed by atoms with Crippen molar-refractivity contribution in [2.45, 2.75) is 31.4 Å². The minimum absolute atomic E-state index is 0.0842. The highest BCUT2D eigenvalue weighted by Gasteiger charge is 2.44. The van der Waals surface area contributed by atoms with Crippen molar-refractivity contribution in [1.29, 1.82) is 0 Å². The van der Waals surface area contributed by atoms with Gasteiger partial charge >= 0.3 is 0 Å². The second kappa shape index (κ2) is 7.61. The second-order valence-corrected chi connectivity index (χ2v) is 7.74. The van der Waals surface area contributed by atoms with Gasteiger partial charge in [-0.15, -0.1) is 0 Å². The molecule has 170 valence electrons. The van der Waals surface area contributed by atoms with Crippen molar-refractivity contribution in [3.05, 3.63) is 62.8 Å². The minimum Gasteiger partial charge on any atom is -0.503 e. The van der Waals surface area contributed by atoms with Gasteiger partial charge in [0, 0.05) is 43.4 Å². The van der Waals surface area contributed by atoms with Crippen molar-refractivity contribution in [3.63, 3.8) is 0 Å². The molecule has 2 aliphatic heterocycles. The van der Waals surface area contributed by atoms with E-state index in [-0.39, 0.29) is 13.0 Å². The number of benzene rings is 1. The van der Waals surface area contributed by atoms with E-state index in [1.807, 2.05) is 0 Å². The van der Waals surface area contributed by atoms with Gasteiger partial charge in [-0.2, -0.15) is 0 Å². The van der Waals surface area contributed by atoms with E-state index in [0.29, 0.717) is 12.1 Å². The summed E-state index contributed by atoms with van der Waals surface area (Å²) in [5, 5.41) is 12.4. The van der Waals surface area contributed by atoms with Gasteiger partial charge in [0.1, 0.15) is 23.0 Å². The molecule has 0 spiro atoms. The molecule has 7 nitrogen and oxygen atoms in total. The Hall–Kier alpha value is -3.44. The number of carbonyl (C=O) groups excluding carboxylic acids is 2. The molecule has 12 heteroatoms. The molecule has 1 atom stereocenters. The van der Waals surface area contributed by atoms with Crippen LogP contribution < -0.4 is 10.7 Å². The monoisotopic (exact) mass is 457 g/mol. The largest absolute Gasteiger partial charge is 0.503 e. The quantitative estimate of drug-likeness (QED) is 0.693. The lowest BCUT2D eigenvalue weighted by Gasteiger charge is -2.34. The molecule has 32 heavy (non-hydrogen) atoms. The molecule has 0 aliphatic carbocycles. The van der Waals surface area contributed by atoms with Gasteiger partial charge in [0.25, 0.3) is 17.7 Å². The van der Waals surface area contributed by atoms with E-state index in [1.54, 1.807) is 0 Å². The van der Waals surface area contributed by atoms with Gasteiger partial charge in [-0.25, -0.2) is 22.0 Å². The molecule has 2 aliphatic rings. The Morgan fingerprint density at radius 2 is 1.84 bits per heavy atom. The number of alkyl halides is 2. The first-order valence-electron chi connectivity index (χ1n) is 9.55. The van der Waals surface area contributed by atoms with Crippen molar-refractivity contribution >= 4 is 11.8 Å². The molecule has 2 N–H and O–H groups in total. The number of pyridine rings is 1. The number of halogens is 5. The molecule has 1 aromatic heterocycles. The predicted octanol–water partition coefficient (Wildman–Crippen LogP) is 2.33. The number of aromatic nitrogens is 1. The van der Waals surface area contributed by atoms with Crippen LogP contribution in [-0.2, 0) is 6.54 Å². The molecule has 0 unspecified atom stereocenters. The predicted molar refractivity (Wildman–Crippen MR) is 99.0 cm³/mol. The highest BCUT2D eigenvalue weighted by molar-refractivity contribution is 5.99. The van der Waals surface area contributed by atoms with Crippen LogP contribution in [0.25, 0.3) is 0 Å². The maximum absolute atomic E-state index is 14.0. The molecule has 4 rings (SSSR count). The smallest absolute Gasteiger partial charge is 0.274 e. The highest BCUT2D eigenvalue weighted by Crippen LogP contribution is 2.36. The van der Waals surface area contributed by atoms with Crippen molar-refractivity contribution in [2.24, 2.45) is 0 Å². The number of aromatic hydroxyl groups is 1. The van der Waals surface area contributed by atoms with Crippen LogP contribution in [0.2, 0.25) is 0 Å². The fourth-order valence-corrected chi connectivity index (χ4v) is 3.96. The lowest BCUT2D eigenvalue weighted by atomic mass is 10.1. The van der Waals surface area contributed by atoms with Crippen LogP contribution in [-0.4, -0.2) is 45.4 Å². The van der Waals surface area contributed by atoms with Gasteiger partial charge in [-0.1, -0.05) is 0 Å². The standard InChI is InChI=1S/C20H16F5N3O4/c21-9-3-13(22)11(14(23)4-9)5-26-18(31)12-7-28-10-1-2-20(24,25)8-27(6-10)19(32)15(28)17(30)16(12)29/h3-4,7,10,30H,1-2,5-6,8H2,(H,26,31)/t10-/m0/s1. The second-order valence-electron chi connectivity index (χ2n) is 7.74. The normalized spacial score (nSPS) is 19.3. The Labute approximate surface area is 177 Å². The van der Waals surface area contributed by atoms with Gasteiger partial charge < -0.3 is 19.9 Å². The SMILES string of the molecule is O=C(NCc1c(F)cc(F)cc1F)c1cn2c(c(O)c1=O)C(=O)N1C[C@@H]2CCC(F)(F)C1. The molecule has 3 heterocycles. The van der Waals surface area contributed by atoms with Crippen molar-refractivity contribution in [3.8, 4) is 5.75 Å². The summed E-state index contributed by atoms with van der Waals surface area (Å²) < 4.78 is 69.6. The number of fused-ring (bicyclic) bond motifs is 4. The van der Waals surface area contributed by atoms with E-state index in [4.69, 9.17) is 0 Å². The first kappa shape index (κ1) is 21.8. The molecule has 0 radical (unpaired) electrons. The van der Waals surface area contributed by atoms with Crippen molar-refractivity contribution in [1.82, 2.24) is 14.8 Å². The topological polar surface area (TPSA) is 91.6 Å². The van der Waals surface area contributed by atoms with Crippen LogP contribution in [0.4, 0.5) is 22.0 Å². The summed E-state index contributed by atoms with van der Waals surface area (Å²) in [6.07, 6.45) is 0.338. The van der Waals surface area contributed by atoms with Gasteiger partial charge in [0.2, 0.25) is 5.43 Å². The van der Waals surface area contributed by atoms with E-state index in [9.17, 15) is 41.4 Å². The highest BCUT2D eigenvalue weighted by atomic mass is 19.3. The molecule has 2 bridgehead atoms. The Morgan fingerprint density at radius 3 is 2.50 bits per heavy atom. The number of amides is 2. The van der Waals surface area contributed by atoms with Crippen LogP contribution >= 0.6 is 0 Å². The van der Waals surface area contributed by atoms with E-state index in [0.717, 1.165) is 15.7 Å². The molecular weight excluding hydrogens is 441 g/mol. The van der Waals surface area contributed by atoms with E-state index < -0.39 is 88.7 Å². The number of hydrogen-bond acceptors (Lipinski definition) is 4. The third-order valence-electron chi connectivity index (χ3n) is 5.57. The summed E-state index contributed by atoms with van der Waals surface area (Å²) in [5.74, 6) is -9.98. The summed E-state index contributed by atoms with van der Waals surface area (Å²) in [6, 6.07) is 0.119. The molecule has 1 fully saturated rings. The van der Waals surface area contributed by atoms with Crippen LogP contribution in [0.1, 0.15) is 45.3 Å². The molecular formula is C20H16F5N3O4. The summed E-state index contributed by atoms with van der Waals surface area (Å²) in [5.41, 5.74) is -3.05. The molecule has 0 saturated carbocycles. The summed E-state index contributed by atoms with van der Waals surface area (Å²) in [7, 11) is 0. The van der Waals surface area contributed by atoms with E-state index >= 15 is 0 Å². The summed E-state index contributed by atoms with van der Waals surface area (Å²) in [4.78, 5) is 38.5. The lowest BCUT2D eigenvalue weighted by Crippen LogP contribution is -2.46. The average Bonchev–Trinajstić information content (AvgIpc) is 2.84. The average molecular weight is 457 g/mol. The Morgan fingerprint density at radius 1 is 1.19 bits per heavy atom. The Kier molecular flexibility index (Phi) is 5.18. The molecule has 1 aromatic carbocycles. The summed E-state index contributed by atoms with van der Waals surface area (Å²) >= 11 is 0. The zero-order valence-electron chi connectivity index (χ0n) is 16.3. The van der Waals surface area contributed by atoms with E-state index in [1.165, 1.54) is 0 Å². The summed E-state index contributed by atoms with van der Waals surface area (Å²) in [6.45, 7) is -1.69. The number of nitrogens with zero attached hydrogens (tertiary/aromatic N) is 2. The third-order valence-corrected chi connectivity index (χ3v) is 5.57. The number of carbonyl (C=O) groups is 2. The molecule has 2 amide bonds. The van der Waals surface area contributed by atoms with Crippen LogP contribution in [0.3, 0.4) is 0 Å². The fraction of sp³-hybridized carbons (Fsp3) is 0.350. The maximum atomic E-state index is 14.0. The minimum atomic E-state index is -3.15. The zero-order chi connectivity index (χ0) is 23.4. The van der Waals surface area contributed by atoms with Crippen LogP contribution in [0.15, 0.2) is 23.1 Å². The lowest BCUT2D eigenvalue weighted by molar-refractivity contribution is -0.0258. The van der Waals surface area contributed by atoms with Gasteiger partial charge in [0.15, 0.2) is 11.4 Å². The zero-order valence-corrected chi connectivity index (χ0v) is 16.3. The van der Waals surface area contributed by atoms with Gasteiger partial charge in [-0.3, -0.25) is 14.4 Å². The first-order valence-corrected chi connectivity index (χ1v) is 9.55.